The van der Waals surface area contributed by atoms with Gasteiger partial charge in [-0.1, -0.05) is 0 Å². The van der Waals surface area contributed by atoms with Crippen LogP contribution in [0.3, 0.4) is 0 Å². The van der Waals surface area contributed by atoms with Gasteiger partial charge in [0.15, 0.2) is 45.8 Å². The van der Waals surface area contributed by atoms with Crippen LogP contribution >= 0.6 is 0 Å². The van der Waals surface area contributed by atoms with Crippen molar-refractivity contribution in [2.24, 2.45) is 17.4 Å². The number of aliphatic hydroxyl groups is 6. The highest BCUT2D eigenvalue weighted by Gasteiger charge is 2.51. The summed E-state index contributed by atoms with van der Waals surface area (Å²) in [6.07, 6.45) is 0.0578. The number of nitrogens with two attached hydrogens (primary N) is 2. The zero-order valence-electron chi connectivity index (χ0n) is 42.3. The summed E-state index contributed by atoms with van der Waals surface area (Å²) in [6, 6.07) is 10.5. The summed E-state index contributed by atoms with van der Waals surface area (Å²) in [6.45, 7) is -2.39. The minimum atomic E-state index is -3.14. The average Bonchev–Trinajstić information content (AvgIpc) is 4.25. The topological polar surface area (TPSA) is 505 Å². The molecule has 0 radical (unpaired) electrons. The number of hydrogen-bond donors (Lipinski definition) is 16. The zero-order valence-corrected chi connectivity index (χ0v) is 42.3. The van der Waals surface area contributed by atoms with Gasteiger partial charge in [-0.15, -0.1) is 0 Å². The second kappa shape index (κ2) is 19.3. The smallest absolute Gasteiger partial charge is 0.286 e. The molecule has 18 N–H and O–H groups in total. The molecule has 0 bridgehead atoms. The second-order valence-corrected chi connectivity index (χ2v) is 19.6. The van der Waals surface area contributed by atoms with Gasteiger partial charge in [0.1, 0.15) is 11.4 Å². The number of amides is 6. The van der Waals surface area contributed by atoms with E-state index in [1.54, 1.807) is 0 Å². The van der Waals surface area contributed by atoms with Crippen molar-refractivity contribution in [1.29, 1.82) is 0 Å². The number of carbonyl (C=O) groups excluding carboxylic acids is 6. The number of hydrogen-bond acceptors (Lipinski definition) is 24. The van der Waals surface area contributed by atoms with E-state index in [4.69, 9.17) is 20.9 Å². The minimum Gasteiger partial charge on any atom is -0.503 e. The number of aromatic hydroxyl groups is 8. The molecule has 6 heterocycles. The first kappa shape index (κ1) is 55.2. The lowest BCUT2D eigenvalue weighted by Gasteiger charge is -2.36. The molecule has 4 aliphatic rings. The van der Waals surface area contributed by atoms with Gasteiger partial charge in [-0.2, -0.15) is 10.2 Å². The zero-order chi connectivity index (χ0) is 59.6. The molecule has 430 valence electrons. The highest BCUT2D eigenvalue weighted by atomic mass is 16.5. The molecule has 0 saturated carbocycles. The fourth-order valence-electron chi connectivity index (χ4n) is 10.4. The number of ether oxygens (including phenoxy) is 2. The van der Waals surface area contributed by atoms with E-state index < -0.39 is 181 Å². The van der Waals surface area contributed by atoms with Crippen LogP contribution in [0.25, 0.3) is 11.4 Å². The van der Waals surface area contributed by atoms with Crippen LogP contribution in [0, 0.1) is 5.92 Å². The molecule has 82 heavy (non-hydrogen) atoms. The third-order valence-corrected chi connectivity index (χ3v) is 14.4. The summed E-state index contributed by atoms with van der Waals surface area (Å²) >= 11 is 0. The Morgan fingerprint density at radius 1 is 0.573 bits per heavy atom. The molecule has 2 aromatic heterocycles. The number of aromatic nitrogens is 4. The van der Waals surface area contributed by atoms with Gasteiger partial charge >= 0.3 is 0 Å². The van der Waals surface area contributed by atoms with Gasteiger partial charge in [0.2, 0.25) is 57.8 Å². The van der Waals surface area contributed by atoms with Crippen LogP contribution in [0.15, 0.2) is 48.5 Å². The van der Waals surface area contributed by atoms with Gasteiger partial charge in [0.05, 0.1) is 37.9 Å². The van der Waals surface area contributed by atoms with E-state index in [9.17, 15) is 100 Å². The third-order valence-electron chi connectivity index (χ3n) is 14.4. The van der Waals surface area contributed by atoms with E-state index in [1.165, 1.54) is 53.4 Å². The van der Waals surface area contributed by atoms with Crippen molar-refractivity contribution < 1.29 is 110 Å². The van der Waals surface area contributed by atoms with Crippen molar-refractivity contribution in [3.8, 4) is 68.9 Å². The van der Waals surface area contributed by atoms with Crippen LogP contribution in [0.4, 0.5) is 22.7 Å². The van der Waals surface area contributed by atoms with E-state index in [2.05, 4.69) is 10.2 Å². The predicted molar refractivity (Wildman–Crippen MR) is 272 cm³/mol. The number of carbonyl (C=O) groups is 6. The molecular formula is C50H48N10O22. The molecule has 1 unspecified atom stereocenters. The Morgan fingerprint density at radius 2 is 0.963 bits per heavy atom. The number of benzene rings is 4. The van der Waals surface area contributed by atoms with Gasteiger partial charge in [-0.05, 0) is 61.4 Å². The van der Waals surface area contributed by atoms with E-state index in [0.29, 0.717) is 9.36 Å². The van der Waals surface area contributed by atoms with E-state index in [0.717, 1.165) is 21.8 Å². The number of nitrogens with zero attached hydrogens (tertiary/aromatic N) is 8. The first-order valence-electron chi connectivity index (χ1n) is 24.4. The number of β-amino-alcohol motifs (C(OH)–C–C–N with tert-alkyl or cyclic N) is 4. The molecule has 32 nitrogen and oxygen atoms in total. The van der Waals surface area contributed by atoms with Crippen LogP contribution in [0.2, 0.25) is 0 Å². The second-order valence-electron chi connectivity index (χ2n) is 19.6. The lowest BCUT2D eigenvalue weighted by Crippen LogP contribution is -2.53. The Labute approximate surface area is 457 Å². The summed E-state index contributed by atoms with van der Waals surface area (Å²) < 4.78 is 11.2. The Bertz CT molecular complexity index is 3680. The summed E-state index contributed by atoms with van der Waals surface area (Å²) in [5, 5.41) is 162. The summed E-state index contributed by atoms with van der Waals surface area (Å²) in [5.74, 6) is -27.7. The number of methoxy groups -OCH3 is 1. The minimum absolute atomic E-state index is 0.0578. The number of phenols is 8. The summed E-state index contributed by atoms with van der Waals surface area (Å²) in [4.78, 5) is 84.0. The first-order chi connectivity index (χ1) is 38.5. The van der Waals surface area contributed by atoms with Crippen molar-refractivity contribution in [3.63, 3.8) is 0 Å². The fraction of sp³-hybridized carbons (Fsp3) is 0.280. The number of primary amides is 2. The van der Waals surface area contributed by atoms with Gasteiger partial charge in [-0.25, -0.2) is 9.36 Å². The Hall–Kier alpha value is -10.1. The van der Waals surface area contributed by atoms with Gasteiger partial charge in [0.25, 0.3) is 29.5 Å². The van der Waals surface area contributed by atoms with Crippen molar-refractivity contribution in [1.82, 2.24) is 19.6 Å². The molecule has 0 spiro atoms. The SMILES string of the molecule is COc1c(O)c(O)c(-n2nc(C(N)=O)c3c2C(=O)N(c2ccc(N4CC(COc5c(O)c(O)c(-n6nc(C(N)=O)c7c6C(=O)N(c6ccc(N8CCCC(O)(O)C8=O)cc6)CC7(O)O)c(O)c5O)CCC4=O)cc2)CC3(O)O)c(O)c1O. The van der Waals surface area contributed by atoms with Crippen molar-refractivity contribution >= 4 is 58.2 Å². The van der Waals surface area contributed by atoms with Gasteiger partial charge in [-0.3, -0.25) is 28.8 Å². The largest absolute Gasteiger partial charge is 0.503 e. The molecule has 1 atom stereocenters. The van der Waals surface area contributed by atoms with E-state index >= 15 is 0 Å². The average molecular weight is 1140 g/mol. The van der Waals surface area contributed by atoms with E-state index in [-0.39, 0.29) is 61.5 Å². The van der Waals surface area contributed by atoms with Crippen LogP contribution in [0.1, 0.15) is 78.8 Å². The molecule has 2 fully saturated rings. The van der Waals surface area contributed by atoms with Crippen LogP contribution in [0.5, 0.6) is 57.5 Å². The lowest BCUT2D eigenvalue weighted by atomic mass is 9.95. The van der Waals surface area contributed by atoms with Crippen molar-refractivity contribution in [2.45, 2.75) is 43.0 Å². The highest BCUT2D eigenvalue weighted by Crippen LogP contribution is 2.56. The Kier molecular flexibility index (Phi) is 13.0. The number of anilines is 4. The fourth-order valence-corrected chi connectivity index (χ4v) is 10.4. The van der Waals surface area contributed by atoms with Gasteiger partial charge < -0.3 is 112 Å². The predicted octanol–water partition coefficient (Wildman–Crippen LogP) is -1.87. The maximum absolute atomic E-state index is 14.4. The number of fused-ring (bicyclic) bond motifs is 2. The van der Waals surface area contributed by atoms with Crippen molar-refractivity contribution in [2.75, 3.05) is 59.5 Å². The third kappa shape index (κ3) is 8.55. The molecule has 4 aromatic carbocycles. The molecule has 10 rings (SSSR count). The maximum atomic E-state index is 14.4. The van der Waals surface area contributed by atoms with E-state index in [1.807, 2.05) is 0 Å². The lowest BCUT2D eigenvalue weighted by molar-refractivity contribution is -0.188. The number of piperidine rings is 2. The Balaban J connectivity index is 0.895. The summed E-state index contributed by atoms with van der Waals surface area (Å²) in [7, 11) is 0.975. The quantitative estimate of drug-likeness (QED) is 0.0363. The monoisotopic (exact) mass is 1140 g/mol. The first-order valence-corrected chi connectivity index (χ1v) is 24.4. The van der Waals surface area contributed by atoms with Crippen LogP contribution < -0.4 is 40.5 Å². The molecule has 0 aliphatic carbocycles. The maximum Gasteiger partial charge on any atom is 0.286 e. The molecule has 6 aromatic rings. The van der Waals surface area contributed by atoms with Crippen LogP contribution in [-0.4, -0.2) is 172 Å². The number of rotatable bonds is 12. The van der Waals surface area contributed by atoms with Crippen molar-refractivity contribution in [3.05, 3.63) is 82.4 Å². The normalized spacial score (nSPS) is 18.4. The number of phenolic OH excluding ortho intramolecular Hbond substituents is 8. The standard InChI is InChI=1S/C50H48N10O22/c1-81-41-37(66)33(62)31(34(63)38(41)67)59-29-25(27(53-59)43(51)70)50(79,80)18-58(45(29)72)23-10-6-21(7-11-23)56-15-19(3-12-24(56)61)16-82-42-39(68)35(64)32(36(65)40(42)69)60-30-26(28(54-60)44(52)71)49(77,78)17-57(46(30)73)22-8-4-20(5-9-22)55-14-2-13-48(75,76)47(55)74/h4-11,19,62-69,75-80H,2-3,12-18H2,1H3,(H2,51,70)(H2,52,71). The Morgan fingerprint density at radius 3 is 1.37 bits per heavy atom. The molecular weight excluding hydrogens is 1090 g/mol. The van der Waals surface area contributed by atoms with Crippen LogP contribution in [-0.2, 0) is 21.2 Å². The molecule has 4 aliphatic heterocycles. The summed E-state index contributed by atoms with van der Waals surface area (Å²) in [5.41, 5.74) is 3.83. The molecule has 6 amide bonds. The highest BCUT2D eigenvalue weighted by molar-refractivity contribution is 6.12. The molecule has 2 saturated heterocycles. The van der Waals surface area contributed by atoms with Gasteiger partial charge in [0, 0.05) is 54.6 Å². The molecule has 32 heteroatoms.